The minimum atomic E-state index is -1.14. The Labute approximate surface area is 158 Å². The van der Waals surface area contributed by atoms with Crippen molar-refractivity contribution >= 4 is 12.1 Å². The van der Waals surface area contributed by atoms with Gasteiger partial charge >= 0.3 is 12.1 Å². The Morgan fingerprint density at radius 3 is 2.26 bits per heavy atom. The molecule has 1 heterocycles. The number of likely N-dealkylation sites (tertiary alicyclic amines) is 1. The van der Waals surface area contributed by atoms with E-state index < -0.39 is 17.6 Å². The van der Waals surface area contributed by atoms with E-state index in [0.717, 1.165) is 11.1 Å². The second-order valence-corrected chi connectivity index (χ2v) is 7.25. The van der Waals surface area contributed by atoms with Gasteiger partial charge in [0.2, 0.25) is 0 Å². The van der Waals surface area contributed by atoms with E-state index >= 15 is 0 Å². The van der Waals surface area contributed by atoms with Gasteiger partial charge in [0.1, 0.15) is 12.1 Å². The van der Waals surface area contributed by atoms with E-state index in [1.807, 2.05) is 31.2 Å². The van der Waals surface area contributed by atoms with Crippen LogP contribution in [-0.2, 0) is 9.53 Å². The highest BCUT2D eigenvalue weighted by Crippen LogP contribution is 2.44. The highest BCUT2D eigenvalue weighted by Gasteiger charge is 2.49. The first-order valence-corrected chi connectivity index (χ1v) is 9.44. The Bertz CT molecular complexity index is 848. The summed E-state index contributed by atoms with van der Waals surface area (Å²) < 4.78 is 5.65. The van der Waals surface area contributed by atoms with Crippen LogP contribution in [0, 0.1) is 0 Å². The van der Waals surface area contributed by atoms with Crippen LogP contribution in [0.5, 0.6) is 0 Å². The van der Waals surface area contributed by atoms with Gasteiger partial charge in [-0.25, -0.2) is 9.59 Å². The van der Waals surface area contributed by atoms with Gasteiger partial charge in [0, 0.05) is 12.5 Å². The van der Waals surface area contributed by atoms with Crippen molar-refractivity contribution in [2.24, 2.45) is 0 Å². The van der Waals surface area contributed by atoms with Crippen molar-refractivity contribution in [2.45, 2.75) is 37.6 Å². The maximum Gasteiger partial charge on any atom is 0.410 e. The normalized spacial score (nSPS) is 21.0. The van der Waals surface area contributed by atoms with Crippen LogP contribution in [0.25, 0.3) is 11.1 Å². The third-order valence-electron chi connectivity index (χ3n) is 6.03. The molecule has 2 aromatic carbocycles. The zero-order valence-electron chi connectivity index (χ0n) is 15.4. The number of fused-ring (bicyclic) bond motifs is 3. The van der Waals surface area contributed by atoms with Crippen molar-refractivity contribution < 1.29 is 19.4 Å². The zero-order valence-corrected chi connectivity index (χ0v) is 15.4. The molecule has 2 aromatic rings. The van der Waals surface area contributed by atoms with Gasteiger partial charge in [-0.2, -0.15) is 0 Å². The van der Waals surface area contributed by atoms with E-state index in [-0.39, 0.29) is 12.5 Å². The molecule has 2 aliphatic rings. The highest BCUT2D eigenvalue weighted by atomic mass is 16.6. The van der Waals surface area contributed by atoms with Crippen molar-refractivity contribution in [3.63, 3.8) is 0 Å². The fraction of sp³-hybridized carbons (Fsp3) is 0.364. The summed E-state index contributed by atoms with van der Waals surface area (Å²) >= 11 is 0. The number of benzene rings is 2. The summed E-state index contributed by atoms with van der Waals surface area (Å²) in [5.41, 5.74) is 3.50. The summed E-state index contributed by atoms with van der Waals surface area (Å²) in [5, 5.41) is 9.67. The average Bonchev–Trinajstić information content (AvgIpc) is 3.27. The number of aliphatic carboxylic acids is 1. The Kier molecular flexibility index (Phi) is 4.38. The molecule has 1 amide bonds. The lowest BCUT2D eigenvalue weighted by Crippen LogP contribution is -2.53. The summed E-state index contributed by atoms with van der Waals surface area (Å²) in [5.74, 6) is -0.971. The maximum atomic E-state index is 12.7. The number of ether oxygens (including phenoxy) is 1. The summed E-state index contributed by atoms with van der Waals surface area (Å²) in [4.78, 5) is 26.0. The minimum absolute atomic E-state index is 0.0233. The molecule has 4 rings (SSSR count). The predicted octanol–water partition coefficient (Wildman–Crippen LogP) is 4.26. The van der Waals surface area contributed by atoms with Crippen LogP contribution < -0.4 is 0 Å². The van der Waals surface area contributed by atoms with Crippen LogP contribution in [0.3, 0.4) is 0 Å². The van der Waals surface area contributed by atoms with Gasteiger partial charge in [0.05, 0.1) is 0 Å². The molecule has 5 nitrogen and oxygen atoms in total. The van der Waals surface area contributed by atoms with Gasteiger partial charge in [-0.15, -0.1) is 0 Å². The molecule has 0 unspecified atom stereocenters. The SMILES string of the molecule is CC[C@]1(C(=O)O)CCCN1C(=O)OCC1c2ccccc2-c2ccccc21. The lowest BCUT2D eigenvalue weighted by Gasteiger charge is -2.33. The number of carbonyl (C=O) groups excluding carboxylic acids is 1. The topological polar surface area (TPSA) is 66.8 Å². The van der Waals surface area contributed by atoms with Gasteiger partial charge in [0.15, 0.2) is 0 Å². The molecule has 5 heteroatoms. The van der Waals surface area contributed by atoms with Gasteiger partial charge in [0.25, 0.3) is 0 Å². The first-order chi connectivity index (χ1) is 13.1. The summed E-state index contributed by atoms with van der Waals surface area (Å²) in [7, 11) is 0. The van der Waals surface area contributed by atoms with Crippen LogP contribution >= 0.6 is 0 Å². The molecule has 0 aromatic heterocycles. The Balaban J connectivity index is 1.56. The van der Waals surface area contributed by atoms with Crippen LogP contribution in [-0.4, -0.2) is 40.8 Å². The van der Waals surface area contributed by atoms with Crippen molar-refractivity contribution in [2.75, 3.05) is 13.2 Å². The largest absolute Gasteiger partial charge is 0.479 e. The minimum Gasteiger partial charge on any atom is -0.479 e. The summed E-state index contributed by atoms with van der Waals surface area (Å²) in [6.45, 7) is 2.45. The molecule has 27 heavy (non-hydrogen) atoms. The number of carboxylic acids is 1. The summed E-state index contributed by atoms with van der Waals surface area (Å²) in [6, 6.07) is 16.3. The molecular weight excluding hydrogens is 342 g/mol. The molecule has 0 saturated carbocycles. The van der Waals surface area contributed by atoms with Gasteiger partial charge in [-0.05, 0) is 41.5 Å². The van der Waals surface area contributed by atoms with Gasteiger partial charge < -0.3 is 9.84 Å². The fourth-order valence-electron chi connectivity index (χ4n) is 4.56. The molecule has 0 radical (unpaired) electrons. The van der Waals surface area contributed by atoms with Crippen LogP contribution in [0.1, 0.15) is 43.2 Å². The van der Waals surface area contributed by atoms with Crippen molar-refractivity contribution in [3.8, 4) is 11.1 Å². The smallest absolute Gasteiger partial charge is 0.410 e. The number of hydrogen-bond acceptors (Lipinski definition) is 3. The first kappa shape index (κ1) is 17.6. The number of carboxylic acid groups (broad SMARTS) is 1. The average molecular weight is 365 g/mol. The van der Waals surface area contributed by atoms with E-state index in [1.165, 1.54) is 16.0 Å². The second kappa shape index (κ2) is 6.72. The van der Waals surface area contributed by atoms with E-state index in [4.69, 9.17) is 4.74 Å². The molecule has 1 saturated heterocycles. The lowest BCUT2D eigenvalue weighted by molar-refractivity contribution is -0.149. The van der Waals surface area contributed by atoms with Crippen LogP contribution in [0.2, 0.25) is 0 Å². The highest BCUT2D eigenvalue weighted by molar-refractivity contribution is 5.85. The first-order valence-electron chi connectivity index (χ1n) is 9.44. The number of nitrogens with zero attached hydrogens (tertiary/aromatic N) is 1. The molecule has 1 fully saturated rings. The molecule has 1 aliphatic heterocycles. The van der Waals surface area contributed by atoms with Crippen LogP contribution in [0.15, 0.2) is 48.5 Å². The Morgan fingerprint density at radius 2 is 1.70 bits per heavy atom. The molecule has 1 aliphatic carbocycles. The number of rotatable bonds is 4. The van der Waals surface area contributed by atoms with E-state index in [0.29, 0.717) is 25.8 Å². The number of carbonyl (C=O) groups is 2. The molecule has 0 bridgehead atoms. The molecular formula is C22H23NO4. The van der Waals surface area contributed by atoms with E-state index in [9.17, 15) is 14.7 Å². The number of amides is 1. The molecule has 0 spiro atoms. The van der Waals surface area contributed by atoms with E-state index in [1.54, 1.807) is 0 Å². The van der Waals surface area contributed by atoms with Crippen molar-refractivity contribution in [1.29, 1.82) is 0 Å². The van der Waals surface area contributed by atoms with Crippen molar-refractivity contribution in [3.05, 3.63) is 59.7 Å². The molecule has 1 atom stereocenters. The lowest BCUT2D eigenvalue weighted by atomic mass is 9.93. The van der Waals surface area contributed by atoms with E-state index in [2.05, 4.69) is 24.3 Å². The zero-order chi connectivity index (χ0) is 19.0. The summed E-state index contributed by atoms with van der Waals surface area (Å²) in [6.07, 6.45) is 1.01. The van der Waals surface area contributed by atoms with Crippen molar-refractivity contribution in [1.82, 2.24) is 4.90 Å². The molecule has 140 valence electrons. The standard InChI is InChI=1S/C22H23NO4/c1-2-22(20(24)25)12-7-13-23(22)21(26)27-14-19-17-10-5-3-8-15(17)16-9-4-6-11-18(16)19/h3-6,8-11,19H,2,7,12-14H2,1H3,(H,24,25)/t22-/m1/s1. The van der Waals surface area contributed by atoms with Crippen LogP contribution in [0.4, 0.5) is 4.79 Å². The maximum absolute atomic E-state index is 12.7. The monoisotopic (exact) mass is 365 g/mol. The van der Waals surface area contributed by atoms with Gasteiger partial charge in [-0.1, -0.05) is 55.5 Å². The molecule has 1 N–H and O–H groups in total. The van der Waals surface area contributed by atoms with Gasteiger partial charge in [-0.3, -0.25) is 4.90 Å². The third-order valence-corrected chi connectivity index (χ3v) is 6.03. The Morgan fingerprint density at radius 1 is 1.11 bits per heavy atom. The Hall–Kier alpha value is -2.82. The number of hydrogen-bond donors (Lipinski definition) is 1. The third kappa shape index (κ3) is 2.69. The predicted molar refractivity (Wildman–Crippen MR) is 102 cm³/mol. The fourth-order valence-corrected chi connectivity index (χ4v) is 4.56. The second-order valence-electron chi connectivity index (χ2n) is 7.25. The quantitative estimate of drug-likeness (QED) is 0.879.